The molecule has 0 saturated heterocycles. The predicted molar refractivity (Wildman–Crippen MR) is 69.3 cm³/mol. The summed E-state index contributed by atoms with van der Waals surface area (Å²) in [5.41, 5.74) is 0.790. The molecule has 0 spiro atoms. The highest BCUT2D eigenvalue weighted by Gasteiger charge is 2.20. The normalized spacial score (nSPS) is 14.4. The number of anilines is 1. The van der Waals surface area contributed by atoms with Gasteiger partial charge in [0, 0.05) is 6.54 Å². The Hall–Kier alpha value is -1.08. The van der Waals surface area contributed by atoms with Gasteiger partial charge in [0.1, 0.15) is 6.07 Å². The van der Waals surface area contributed by atoms with Crippen LogP contribution in [0.15, 0.2) is 16.6 Å². The topological polar surface area (TPSA) is 35.8 Å². The molecular formula is C13H14BrFN2. The van der Waals surface area contributed by atoms with E-state index in [1.165, 1.54) is 19.3 Å². The van der Waals surface area contributed by atoms with Crippen molar-refractivity contribution in [2.45, 2.75) is 25.7 Å². The number of hydrogen-bond acceptors (Lipinski definition) is 2. The SMILES string of the molecule is N#Cc1ccc(NCCCC2CC2)c(F)c1Br. The molecule has 1 aliphatic rings. The zero-order valence-corrected chi connectivity index (χ0v) is 11.1. The van der Waals surface area contributed by atoms with Crippen molar-refractivity contribution in [1.29, 1.82) is 5.26 Å². The van der Waals surface area contributed by atoms with Crippen molar-refractivity contribution in [1.82, 2.24) is 0 Å². The van der Waals surface area contributed by atoms with Crippen LogP contribution in [-0.2, 0) is 0 Å². The van der Waals surface area contributed by atoms with Crippen molar-refractivity contribution >= 4 is 21.6 Å². The lowest BCUT2D eigenvalue weighted by molar-refractivity contribution is 0.620. The molecule has 0 amide bonds. The van der Waals surface area contributed by atoms with E-state index in [9.17, 15) is 4.39 Å². The Labute approximate surface area is 109 Å². The van der Waals surface area contributed by atoms with E-state index in [1.807, 2.05) is 6.07 Å². The van der Waals surface area contributed by atoms with Crippen molar-refractivity contribution in [2.24, 2.45) is 5.92 Å². The summed E-state index contributed by atoms with van der Waals surface area (Å²) in [7, 11) is 0. The van der Waals surface area contributed by atoms with Gasteiger partial charge in [-0.15, -0.1) is 0 Å². The second kappa shape index (κ2) is 5.50. The summed E-state index contributed by atoms with van der Waals surface area (Å²) < 4.78 is 14.0. The summed E-state index contributed by atoms with van der Waals surface area (Å²) in [6, 6.07) is 5.18. The molecule has 2 nitrogen and oxygen atoms in total. The lowest BCUT2D eigenvalue weighted by Crippen LogP contribution is -2.04. The van der Waals surface area contributed by atoms with Crippen molar-refractivity contribution < 1.29 is 4.39 Å². The number of benzene rings is 1. The molecule has 17 heavy (non-hydrogen) atoms. The average molecular weight is 297 g/mol. The van der Waals surface area contributed by atoms with E-state index in [1.54, 1.807) is 12.1 Å². The van der Waals surface area contributed by atoms with Gasteiger partial charge in [-0.2, -0.15) is 5.26 Å². The number of halogens is 2. The van der Waals surface area contributed by atoms with Crippen molar-refractivity contribution in [3.63, 3.8) is 0 Å². The van der Waals surface area contributed by atoms with Crippen molar-refractivity contribution in [3.8, 4) is 6.07 Å². The number of hydrogen-bond donors (Lipinski definition) is 1. The van der Waals surface area contributed by atoms with Gasteiger partial charge in [-0.1, -0.05) is 12.8 Å². The van der Waals surface area contributed by atoms with E-state index < -0.39 is 0 Å². The molecule has 0 heterocycles. The monoisotopic (exact) mass is 296 g/mol. The Morgan fingerprint density at radius 1 is 1.47 bits per heavy atom. The second-order valence-electron chi connectivity index (χ2n) is 4.41. The van der Waals surface area contributed by atoms with Gasteiger partial charge in [-0.05, 0) is 46.8 Å². The minimum absolute atomic E-state index is 0.243. The fraction of sp³-hybridized carbons (Fsp3) is 0.462. The molecule has 0 unspecified atom stereocenters. The quantitative estimate of drug-likeness (QED) is 0.832. The Morgan fingerprint density at radius 3 is 2.88 bits per heavy atom. The van der Waals surface area contributed by atoms with Crippen LogP contribution in [0.4, 0.5) is 10.1 Å². The Bertz CT molecular complexity index is 449. The first-order valence-corrected chi connectivity index (χ1v) is 6.63. The minimum Gasteiger partial charge on any atom is -0.383 e. The molecule has 0 radical (unpaired) electrons. The first-order chi connectivity index (χ1) is 8.22. The summed E-state index contributed by atoms with van der Waals surface area (Å²) in [5, 5.41) is 11.8. The summed E-state index contributed by atoms with van der Waals surface area (Å²) in [4.78, 5) is 0. The Morgan fingerprint density at radius 2 is 2.24 bits per heavy atom. The van der Waals surface area contributed by atoms with Gasteiger partial charge in [-0.3, -0.25) is 0 Å². The fourth-order valence-electron chi connectivity index (χ4n) is 1.79. The molecule has 1 aromatic rings. The summed E-state index contributed by atoms with van der Waals surface area (Å²) in [6.07, 6.45) is 5.02. The Kier molecular flexibility index (Phi) is 4.01. The average Bonchev–Trinajstić information content (AvgIpc) is 3.14. The van der Waals surface area contributed by atoms with E-state index in [4.69, 9.17) is 5.26 Å². The van der Waals surface area contributed by atoms with Crippen molar-refractivity contribution in [3.05, 3.63) is 28.0 Å². The van der Waals surface area contributed by atoms with Gasteiger partial charge in [0.05, 0.1) is 15.7 Å². The molecule has 4 heteroatoms. The lowest BCUT2D eigenvalue weighted by Gasteiger charge is -2.09. The molecule has 1 N–H and O–H groups in total. The van der Waals surface area contributed by atoms with E-state index in [0.29, 0.717) is 11.3 Å². The maximum Gasteiger partial charge on any atom is 0.161 e. The van der Waals surface area contributed by atoms with Crippen molar-refractivity contribution in [2.75, 3.05) is 11.9 Å². The van der Waals surface area contributed by atoms with Crippen LogP contribution in [0.2, 0.25) is 0 Å². The second-order valence-corrected chi connectivity index (χ2v) is 5.21. The molecule has 1 saturated carbocycles. The smallest absolute Gasteiger partial charge is 0.161 e. The van der Waals surface area contributed by atoms with Gasteiger partial charge in [0.15, 0.2) is 5.82 Å². The van der Waals surface area contributed by atoms with Crippen LogP contribution >= 0.6 is 15.9 Å². The molecule has 1 aromatic carbocycles. The number of nitrogens with zero attached hydrogens (tertiary/aromatic N) is 1. The summed E-state index contributed by atoms with van der Waals surface area (Å²) in [6.45, 7) is 0.783. The predicted octanol–water partition coefficient (Wildman–Crippen LogP) is 4.06. The zero-order valence-electron chi connectivity index (χ0n) is 9.47. The van der Waals surface area contributed by atoms with E-state index in [0.717, 1.165) is 18.9 Å². The summed E-state index contributed by atoms with van der Waals surface area (Å²) >= 11 is 3.10. The third-order valence-electron chi connectivity index (χ3n) is 3.00. The summed E-state index contributed by atoms with van der Waals surface area (Å²) in [5.74, 6) is 0.532. The molecule has 0 aliphatic heterocycles. The van der Waals surface area contributed by atoms with E-state index in [-0.39, 0.29) is 10.3 Å². The maximum absolute atomic E-state index is 13.8. The number of nitriles is 1. The lowest BCUT2D eigenvalue weighted by atomic mass is 10.2. The fourth-order valence-corrected chi connectivity index (χ4v) is 2.23. The van der Waals surface area contributed by atoms with Crippen LogP contribution in [-0.4, -0.2) is 6.54 Å². The highest BCUT2D eigenvalue weighted by Crippen LogP contribution is 2.33. The minimum atomic E-state index is -0.379. The molecule has 0 bridgehead atoms. The highest BCUT2D eigenvalue weighted by molar-refractivity contribution is 9.10. The first-order valence-electron chi connectivity index (χ1n) is 5.84. The third kappa shape index (κ3) is 3.19. The molecule has 90 valence electrons. The Balaban J connectivity index is 1.91. The number of rotatable bonds is 5. The van der Waals surface area contributed by atoms with Gasteiger partial charge in [-0.25, -0.2) is 4.39 Å². The van der Waals surface area contributed by atoms with Crippen LogP contribution in [0.25, 0.3) is 0 Å². The maximum atomic E-state index is 13.8. The van der Waals surface area contributed by atoms with E-state index >= 15 is 0 Å². The van der Waals surface area contributed by atoms with Crippen LogP contribution < -0.4 is 5.32 Å². The van der Waals surface area contributed by atoms with Crippen LogP contribution in [0.1, 0.15) is 31.2 Å². The van der Waals surface area contributed by atoms with Crippen LogP contribution in [0.3, 0.4) is 0 Å². The molecule has 1 aliphatic carbocycles. The highest BCUT2D eigenvalue weighted by atomic mass is 79.9. The third-order valence-corrected chi connectivity index (χ3v) is 3.78. The van der Waals surface area contributed by atoms with Crippen LogP contribution in [0.5, 0.6) is 0 Å². The van der Waals surface area contributed by atoms with Gasteiger partial charge in [0.2, 0.25) is 0 Å². The number of nitrogens with one attached hydrogen (secondary N) is 1. The molecular weight excluding hydrogens is 283 g/mol. The largest absolute Gasteiger partial charge is 0.383 e. The van der Waals surface area contributed by atoms with Crippen LogP contribution in [0, 0.1) is 23.1 Å². The molecule has 2 rings (SSSR count). The molecule has 0 atom stereocenters. The van der Waals surface area contributed by atoms with Gasteiger partial charge < -0.3 is 5.32 Å². The zero-order chi connectivity index (χ0) is 12.3. The molecule has 1 fully saturated rings. The standard InChI is InChI=1S/C13H14BrFN2/c14-12-10(8-16)5-6-11(13(12)15)17-7-1-2-9-3-4-9/h5-6,9,17H,1-4,7H2. The van der Waals surface area contributed by atoms with Gasteiger partial charge >= 0.3 is 0 Å². The van der Waals surface area contributed by atoms with E-state index in [2.05, 4.69) is 21.2 Å². The van der Waals surface area contributed by atoms with Gasteiger partial charge in [0.25, 0.3) is 0 Å². The molecule has 0 aromatic heterocycles. The first kappa shape index (κ1) is 12.4.